The van der Waals surface area contributed by atoms with E-state index >= 15 is 0 Å². The molecule has 0 aliphatic carbocycles. The van der Waals surface area contributed by atoms with Crippen LogP contribution in [0.4, 0.5) is 4.79 Å². The number of carbonyl (C=O) groups excluding carboxylic acids is 2. The van der Waals surface area contributed by atoms with Crippen molar-refractivity contribution in [2.24, 2.45) is 0 Å². The van der Waals surface area contributed by atoms with Crippen molar-refractivity contribution in [2.45, 2.75) is 39.7 Å². The molecule has 7 heteroatoms. The molecule has 0 aromatic carbocycles. The van der Waals surface area contributed by atoms with Crippen LogP contribution >= 0.6 is 0 Å². The van der Waals surface area contributed by atoms with Gasteiger partial charge in [-0.1, -0.05) is 13.8 Å². The van der Waals surface area contributed by atoms with Gasteiger partial charge in [0.05, 0.1) is 6.61 Å². The van der Waals surface area contributed by atoms with Crippen LogP contribution in [-0.4, -0.2) is 64.1 Å². The quantitative estimate of drug-likeness (QED) is 0.848. The molecule has 1 saturated heterocycles. The summed E-state index contributed by atoms with van der Waals surface area (Å²) in [4.78, 5) is 32.2. The molecular weight excluding hydrogens is 296 g/mol. The van der Waals surface area contributed by atoms with Crippen LogP contribution in [0.1, 0.15) is 45.5 Å². The summed E-state index contributed by atoms with van der Waals surface area (Å²) < 4.78 is 6.93. The second kappa shape index (κ2) is 7.48. The third-order valence-corrected chi connectivity index (χ3v) is 4.11. The van der Waals surface area contributed by atoms with E-state index in [0.717, 1.165) is 5.82 Å². The molecular formula is C16H26N4O3. The number of ether oxygens (including phenoxy) is 1. The summed E-state index contributed by atoms with van der Waals surface area (Å²) in [6.45, 7) is 10.3. The van der Waals surface area contributed by atoms with Gasteiger partial charge in [-0.3, -0.25) is 4.79 Å². The molecule has 7 nitrogen and oxygen atoms in total. The first kappa shape index (κ1) is 17.3. The molecule has 128 valence electrons. The fourth-order valence-corrected chi connectivity index (χ4v) is 2.81. The lowest BCUT2D eigenvalue weighted by Crippen LogP contribution is -2.52. The first-order valence-electron chi connectivity index (χ1n) is 8.18. The molecule has 2 rings (SSSR count). The Bertz CT molecular complexity index is 547. The third-order valence-electron chi connectivity index (χ3n) is 4.11. The first-order chi connectivity index (χ1) is 11.0. The summed E-state index contributed by atoms with van der Waals surface area (Å²) in [7, 11) is 0. The lowest BCUT2D eigenvalue weighted by Gasteiger charge is -2.35. The summed E-state index contributed by atoms with van der Waals surface area (Å²) in [6, 6.07) is -0.288. The van der Waals surface area contributed by atoms with Gasteiger partial charge in [0.1, 0.15) is 11.9 Å². The molecule has 1 aromatic heterocycles. The Morgan fingerprint density at radius 1 is 1.17 bits per heavy atom. The van der Waals surface area contributed by atoms with Crippen molar-refractivity contribution in [3.05, 3.63) is 18.2 Å². The fourth-order valence-electron chi connectivity index (χ4n) is 2.81. The molecule has 0 saturated carbocycles. The number of amides is 2. The van der Waals surface area contributed by atoms with E-state index in [9.17, 15) is 9.59 Å². The van der Waals surface area contributed by atoms with Gasteiger partial charge in [-0.15, -0.1) is 0 Å². The van der Waals surface area contributed by atoms with Crippen molar-refractivity contribution in [2.75, 3.05) is 32.8 Å². The van der Waals surface area contributed by atoms with Crippen LogP contribution in [0.25, 0.3) is 0 Å². The van der Waals surface area contributed by atoms with Gasteiger partial charge < -0.3 is 19.1 Å². The highest BCUT2D eigenvalue weighted by atomic mass is 16.6. The zero-order valence-electron chi connectivity index (χ0n) is 14.4. The van der Waals surface area contributed by atoms with Gasteiger partial charge in [0.2, 0.25) is 5.91 Å². The molecule has 0 bridgehead atoms. The molecule has 2 heterocycles. The Kier molecular flexibility index (Phi) is 5.63. The fraction of sp³-hybridized carbons (Fsp3) is 0.688. The molecule has 1 aromatic rings. The van der Waals surface area contributed by atoms with Gasteiger partial charge in [-0.05, 0) is 13.8 Å². The molecule has 0 spiro atoms. The van der Waals surface area contributed by atoms with Crippen molar-refractivity contribution in [1.29, 1.82) is 0 Å². The highest BCUT2D eigenvalue weighted by molar-refractivity contribution is 5.80. The van der Waals surface area contributed by atoms with Crippen LogP contribution in [0.5, 0.6) is 0 Å². The lowest BCUT2D eigenvalue weighted by atomic mass is 10.2. The third kappa shape index (κ3) is 3.83. The Balaban J connectivity index is 1.97. The summed E-state index contributed by atoms with van der Waals surface area (Å²) in [5.41, 5.74) is 0. The lowest BCUT2D eigenvalue weighted by molar-refractivity contribution is -0.136. The second-order valence-electron chi connectivity index (χ2n) is 6.03. The van der Waals surface area contributed by atoms with Crippen LogP contribution in [0, 0.1) is 0 Å². The van der Waals surface area contributed by atoms with Crippen molar-refractivity contribution >= 4 is 12.0 Å². The number of rotatable bonds is 4. The van der Waals surface area contributed by atoms with Crippen LogP contribution < -0.4 is 0 Å². The number of hydrogen-bond acceptors (Lipinski definition) is 4. The van der Waals surface area contributed by atoms with Crippen molar-refractivity contribution < 1.29 is 14.3 Å². The van der Waals surface area contributed by atoms with Crippen LogP contribution in [-0.2, 0) is 9.53 Å². The maximum Gasteiger partial charge on any atom is 0.409 e. The maximum atomic E-state index is 12.7. The summed E-state index contributed by atoms with van der Waals surface area (Å²) in [5, 5.41) is 0. The predicted octanol–water partition coefficient (Wildman–Crippen LogP) is 1.87. The van der Waals surface area contributed by atoms with Crippen molar-refractivity contribution in [1.82, 2.24) is 19.4 Å². The molecule has 0 unspecified atom stereocenters. The topological polar surface area (TPSA) is 67.7 Å². The van der Waals surface area contributed by atoms with E-state index in [2.05, 4.69) is 18.8 Å². The molecule has 2 amide bonds. The summed E-state index contributed by atoms with van der Waals surface area (Å²) in [5.74, 6) is 1.24. The molecule has 1 aliphatic heterocycles. The smallest absolute Gasteiger partial charge is 0.409 e. The Hall–Kier alpha value is -2.05. The average molecular weight is 322 g/mol. The Morgan fingerprint density at radius 3 is 2.35 bits per heavy atom. The molecule has 0 N–H and O–H groups in total. The standard InChI is InChI=1S/C16H26N4O3/c1-5-23-16(22)19-10-8-18(9-11-19)15(21)13(4)20-7-6-17-14(20)12(2)3/h6-7,12-13H,5,8-11H2,1-4H3/t13-/m0/s1. The SMILES string of the molecule is CCOC(=O)N1CCN(C(=O)[C@H](C)n2ccnc2C(C)C)CC1. The van der Waals surface area contributed by atoms with Crippen molar-refractivity contribution in [3.63, 3.8) is 0 Å². The Morgan fingerprint density at radius 2 is 1.78 bits per heavy atom. The minimum absolute atomic E-state index is 0.0633. The molecule has 1 aliphatic rings. The van der Waals surface area contributed by atoms with E-state index in [1.54, 1.807) is 18.0 Å². The highest BCUT2D eigenvalue weighted by Crippen LogP contribution is 2.19. The zero-order chi connectivity index (χ0) is 17.0. The van der Waals surface area contributed by atoms with E-state index in [4.69, 9.17) is 4.74 Å². The minimum atomic E-state index is -0.302. The van der Waals surface area contributed by atoms with E-state index in [1.165, 1.54) is 0 Å². The van der Waals surface area contributed by atoms with Crippen LogP contribution in [0.15, 0.2) is 12.4 Å². The van der Waals surface area contributed by atoms with Gasteiger partial charge in [0.15, 0.2) is 0 Å². The predicted molar refractivity (Wildman–Crippen MR) is 86.2 cm³/mol. The first-order valence-corrected chi connectivity index (χ1v) is 8.18. The number of hydrogen-bond donors (Lipinski definition) is 0. The number of nitrogens with zero attached hydrogens (tertiary/aromatic N) is 4. The molecule has 0 radical (unpaired) electrons. The number of aromatic nitrogens is 2. The minimum Gasteiger partial charge on any atom is -0.450 e. The van der Waals surface area contributed by atoms with E-state index in [1.807, 2.05) is 22.6 Å². The molecule has 1 fully saturated rings. The van der Waals surface area contributed by atoms with Crippen LogP contribution in [0.2, 0.25) is 0 Å². The number of piperazine rings is 1. The largest absolute Gasteiger partial charge is 0.450 e. The van der Waals surface area contributed by atoms with E-state index < -0.39 is 0 Å². The maximum absolute atomic E-state index is 12.7. The van der Waals surface area contributed by atoms with Gasteiger partial charge in [0, 0.05) is 44.5 Å². The van der Waals surface area contributed by atoms with Crippen molar-refractivity contribution in [3.8, 4) is 0 Å². The summed E-state index contributed by atoms with van der Waals surface area (Å²) >= 11 is 0. The van der Waals surface area contributed by atoms with Crippen LogP contribution in [0.3, 0.4) is 0 Å². The Labute approximate surface area is 137 Å². The average Bonchev–Trinajstić information content (AvgIpc) is 3.03. The molecule has 23 heavy (non-hydrogen) atoms. The zero-order valence-corrected chi connectivity index (χ0v) is 14.4. The number of carbonyl (C=O) groups is 2. The van der Waals surface area contributed by atoms with Gasteiger partial charge >= 0.3 is 6.09 Å². The monoisotopic (exact) mass is 322 g/mol. The van der Waals surface area contributed by atoms with Gasteiger partial charge in [0.25, 0.3) is 0 Å². The van der Waals surface area contributed by atoms with E-state index in [0.29, 0.717) is 32.8 Å². The molecule has 1 atom stereocenters. The normalized spacial score (nSPS) is 16.6. The van der Waals surface area contributed by atoms with Gasteiger partial charge in [-0.2, -0.15) is 0 Å². The second-order valence-corrected chi connectivity index (χ2v) is 6.03. The van der Waals surface area contributed by atoms with Gasteiger partial charge in [-0.25, -0.2) is 9.78 Å². The van der Waals surface area contributed by atoms with E-state index in [-0.39, 0.29) is 24.0 Å². The highest BCUT2D eigenvalue weighted by Gasteiger charge is 2.29. The number of imidazole rings is 1. The summed E-state index contributed by atoms with van der Waals surface area (Å²) in [6.07, 6.45) is 3.29.